The third-order valence-electron chi connectivity index (χ3n) is 3.97. The van der Waals surface area contributed by atoms with Crippen molar-refractivity contribution in [2.45, 2.75) is 32.4 Å². The highest BCUT2D eigenvalue weighted by Crippen LogP contribution is 2.30. The average molecular weight is 273 g/mol. The molecule has 20 heavy (non-hydrogen) atoms. The molecule has 2 unspecified atom stereocenters. The van der Waals surface area contributed by atoms with Crippen LogP contribution in [0.1, 0.15) is 37.5 Å². The van der Waals surface area contributed by atoms with Gasteiger partial charge in [0, 0.05) is 30.4 Å². The standard InChI is InChI=1S/C16H23N3O/c1-12-11-18(3)7-4-8-19(12)16-9-14(10-17)5-6-15(16)13(2)20/h5-6,9,12-13,20H,4,7-8,11H2,1-3H3. The number of rotatable bonds is 2. The van der Waals surface area contributed by atoms with Gasteiger partial charge in [-0.3, -0.25) is 0 Å². The summed E-state index contributed by atoms with van der Waals surface area (Å²) in [7, 11) is 2.14. The molecule has 1 aromatic rings. The van der Waals surface area contributed by atoms with E-state index in [1.165, 1.54) is 0 Å². The first-order valence-electron chi connectivity index (χ1n) is 7.20. The molecular weight excluding hydrogens is 250 g/mol. The van der Waals surface area contributed by atoms with Crippen LogP contribution < -0.4 is 4.90 Å². The van der Waals surface area contributed by atoms with Crippen LogP contribution in [-0.2, 0) is 0 Å². The van der Waals surface area contributed by atoms with Gasteiger partial charge < -0.3 is 14.9 Å². The summed E-state index contributed by atoms with van der Waals surface area (Å²) >= 11 is 0. The summed E-state index contributed by atoms with van der Waals surface area (Å²) in [6.45, 7) is 7.02. The maximum atomic E-state index is 9.99. The highest BCUT2D eigenvalue weighted by Gasteiger charge is 2.23. The van der Waals surface area contributed by atoms with E-state index in [1.807, 2.05) is 12.1 Å². The van der Waals surface area contributed by atoms with Crippen molar-refractivity contribution in [3.63, 3.8) is 0 Å². The molecule has 0 aliphatic carbocycles. The van der Waals surface area contributed by atoms with E-state index in [9.17, 15) is 5.11 Å². The van der Waals surface area contributed by atoms with Gasteiger partial charge in [0.2, 0.25) is 0 Å². The molecule has 0 bridgehead atoms. The van der Waals surface area contributed by atoms with Crippen molar-refractivity contribution in [2.24, 2.45) is 0 Å². The van der Waals surface area contributed by atoms with E-state index in [4.69, 9.17) is 5.26 Å². The minimum atomic E-state index is -0.522. The second kappa shape index (κ2) is 6.25. The minimum absolute atomic E-state index is 0.369. The normalized spacial score (nSPS) is 22.1. The predicted octanol–water partition coefficient (Wildman–Crippen LogP) is 2.14. The SMILES string of the molecule is CC(O)c1ccc(C#N)cc1N1CCCN(C)CC1C. The summed E-state index contributed by atoms with van der Waals surface area (Å²) < 4.78 is 0. The van der Waals surface area contributed by atoms with Gasteiger partial charge in [-0.25, -0.2) is 0 Å². The van der Waals surface area contributed by atoms with Gasteiger partial charge in [0.05, 0.1) is 17.7 Å². The first-order valence-corrected chi connectivity index (χ1v) is 7.20. The lowest BCUT2D eigenvalue weighted by Crippen LogP contribution is -2.38. The second-order valence-electron chi connectivity index (χ2n) is 5.72. The first-order chi connectivity index (χ1) is 9.52. The highest BCUT2D eigenvalue weighted by molar-refractivity contribution is 5.59. The second-order valence-corrected chi connectivity index (χ2v) is 5.72. The summed E-state index contributed by atoms with van der Waals surface area (Å²) in [6.07, 6.45) is 0.572. The monoisotopic (exact) mass is 273 g/mol. The van der Waals surface area contributed by atoms with Gasteiger partial charge in [0.15, 0.2) is 0 Å². The fraction of sp³-hybridized carbons (Fsp3) is 0.562. The van der Waals surface area contributed by atoms with E-state index < -0.39 is 6.10 Å². The first kappa shape index (κ1) is 14.8. The third kappa shape index (κ3) is 3.12. The Kier molecular flexibility index (Phi) is 4.64. The van der Waals surface area contributed by atoms with E-state index in [-0.39, 0.29) is 0 Å². The molecule has 0 saturated carbocycles. The quantitative estimate of drug-likeness (QED) is 0.897. The molecule has 0 aromatic heterocycles. The van der Waals surface area contributed by atoms with Crippen LogP contribution in [0.4, 0.5) is 5.69 Å². The lowest BCUT2D eigenvalue weighted by Gasteiger charge is -2.32. The minimum Gasteiger partial charge on any atom is -0.389 e. The average Bonchev–Trinajstić information content (AvgIpc) is 2.58. The van der Waals surface area contributed by atoms with Crippen LogP contribution in [0.5, 0.6) is 0 Å². The summed E-state index contributed by atoms with van der Waals surface area (Å²) in [5, 5.41) is 19.1. The summed E-state index contributed by atoms with van der Waals surface area (Å²) in [5.74, 6) is 0. The fourth-order valence-electron chi connectivity index (χ4n) is 2.95. The Balaban J connectivity index is 2.41. The van der Waals surface area contributed by atoms with Crippen molar-refractivity contribution < 1.29 is 5.11 Å². The number of likely N-dealkylation sites (N-methyl/N-ethyl adjacent to an activating group) is 1. The number of hydrogen-bond acceptors (Lipinski definition) is 4. The Hall–Kier alpha value is -1.57. The molecular formula is C16H23N3O. The van der Waals surface area contributed by atoms with Crippen LogP contribution in [0.2, 0.25) is 0 Å². The van der Waals surface area contributed by atoms with E-state index in [0.717, 1.165) is 37.3 Å². The van der Waals surface area contributed by atoms with Crippen molar-refractivity contribution in [1.82, 2.24) is 4.90 Å². The number of aliphatic hydroxyl groups is 1. The van der Waals surface area contributed by atoms with Crippen LogP contribution in [0.3, 0.4) is 0 Å². The molecule has 4 heteroatoms. The largest absolute Gasteiger partial charge is 0.389 e. The number of nitrogens with zero attached hydrogens (tertiary/aromatic N) is 3. The van der Waals surface area contributed by atoms with Gasteiger partial charge in [-0.05, 0) is 46.0 Å². The topological polar surface area (TPSA) is 50.5 Å². The Morgan fingerprint density at radius 1 is 1.40 bits per heavy atom. The van der Waals surface area contributed by atoms with Crippen LogP contribution in [0.15, 0.2) is 18.2 Å². The molecule has 1 aliphatic rings. The molecule has 1 heterocycles. The summed E-state index contributed by atoms with van der Waals surface area (Å²) in [5.41, 5.74) is 2.55. The van der Waals surface area contributed by atoms with Crippen LogP contribution >= 0.6 is 0 Å². The molecule has 2 rings (SSSR count). The van der Waals surface area contributed by atoms with Gasteiger partial charge in [-0.2, -0.15) is 5.26 Å². The predicted molar refractivity (Wildman–Crippen MR) is 80.7 cm³/mol. The smallest absolute Gasteiger partial charge is 0.0992 e. The Bertz CT molecular complexity index is 507. The highest BCUT2D eigenvalue weighted by atomic mass is 16.3. The van der Waals surface area contributed by atoms with Gasteiger partial charge in [0.1, 0.15) is 0 Å². The molecule has 1 aromatic carbocycles. The molecule has 1 N–H and O–H groups in total. The Morgan fingerprint density at radius 3 is 2.80 bits per heavy atom. The van der Waals surface area contributed by atoms with Gasteiger partial charge in [0.25, 0.3) is 0 Å². The van der Waals surface area contributed by atoms with Crippen molar-refractivity contribution in [1.29, 1.82) is 5.26 Å². The Labute approximate surface area is 121 Å². The van der Waals surface area contributed by atoms with Crippen LogP contribution in [0.25, 0.3) is 0 Å². The molecule has 0 spiro atoms. The molecule has 108 valence electrons. The molecule has 0 amide bonds. The maximum absolute atomic E-state index is 9.99. The number of anilines is 1. The zero-order valence-electron chi connectivity index (χ0n) is 12.5. The summed E-state index contributed by atoms with van der Waals surface area (Å²) in [6, 6.07) is 8.12. The maximum Gasteiger partial charge on any atom is 0.0992 e. The van der Waals surface area contributed by atoms with E-state index in [0.29, 0.717) is 11.6 Å². The van der Waals surface area contributed by atoms with Crippen LogP contribution in [0, 0.1) is 11.3 Å². The summed E-state index contributed by atoms with van der Waals surface area (Å²) in [4.78, 5) is 4.66. The van der Waals surface area contributed by atoms with Crippen molar-refractivity contribution in [2.75, 3.05) is 31.6 Å². The fourth-order valence-corrected chi connectivity index (χ4v) is 2.95. The molecule has 4 nitrogen and oxygen atoms in total. The van der Waals surface area contributed by atoms with E-state index in [2.05, 4.69) is 29.8 Å². The number of aliphatic hydroxyl groups excluding tert-OH is 1. The van der Waals surface area contributed by atoms with Gasteiger partial charge >= 0.3 is 0 Å². The van der Waals surface area contributed by atoms with Crippen molar-refractivity contribution in [3.05, 3.63) is 29.3 Å². The molecule has 2 atom stereocenters. The molecule has 1 saturated heterocycles. The lowest BCUT2D eigenvalue weighted by molar-refractivity contribution is 0.199. The lowest BCUT2D eigenvalue weighted by atomic mass is 10.0. The van der Waals surface area contributed by atoms with Crippen LogP contribution in [-0.4, -0.2) is 42.7 Å². The molecule has 0 radical (unpaired) electrons. The van der Waals surface area contributed by atoms with Gasteiger partial charge in [-0.1, -0.05) is 6.07 Å². The van der Waals surface area contributed by atoms with E-state index in [1.54, 1.807) is 13.0 Å². The van der Waals surface area contributed by atoms with Crippen molar-refractivity contribution in [3.8, 4) is 6.07 Å². The Morgan fingerprint density at radius 2 is 2.15 bits per heavy atom. The van der Waals surface area contributed by atoms with Gasteiger partial charge in [-0.15, -0.1) is 0 Å². The zero-order chi connectivity index (χ0) is 14.7. The number of hydrogen-bond donors (Lipinski definition) is 1. The zero-order valence-corrected chi connectivity index (χ0v) is 12.5. The molecule has 1 fully saturated rings. The number of benzene rings is 1. The van der Waals surface area contributed by atoms with Crippen molar-refractivity contribution >= 4 is 5.69 Å². The third-order valence-corrected chi connectivity index (χ3v) is 3.97. The number of nitriles is 1. The molecule has 1 aliphatic heterocycles. The van der Waals surface area contributed by atoms with E-state index >= 15 is 0 Å².